The molecule has 0 N–H and O–H groups in total. The number of halogens is 17. The first-order chi connectivity index (χ1) is 28.4. The fraction of sp³-hybridized carbons (Fsp3) is 0.487. The zero-order valence-corrected chi connectivity index (χ0v) is 32.0. The van der Waals surface area contributed by atoms with E-state index >= 15 is 0 Å². The molecule has 0 saturated carbocycles. The van der Waals surface area contributed by atoms with Gasteiger partial charge in [-0.3, -0.25) is 0 Å². The van der Waals surface area contributed by atoms with Crippen molar-refractivity contribution in [3.63, 3.8) is 0 Å². The lowest BCUT2D eigenvalue weighted by Gasteiger charge is -2.42. The van der Waals surface area contributed by atoms with Crippen LogP contribution in [-0.2, 0) is 9.53 Å². The third kappa shape index (κ3) is 10.6. The van der Waals surface area contributed by atoms with E-state index in [2.05, 4.69) is 11.7 Å². The molecule has 0 radical (unpaired) electrons. The number of hydrogen-bond donors (Lipinski definition) is 0. The number of carbonyl (C=O) groups excluding carboxylic acids is 2. The van der Waals surface area contributed by atoms with Gasteiger partial charge in [-0.1, -0.05) is 56.9 Å². The first kappa shape index (κ1) is 51.4. The summed E-state index contributed by atoms with van der Waals surface area (Å²) in [6.07, 6.45) is -7.17. The van der Waals surface area contributed by atoms with Gasteiger partial charge in [0, 0.05) is 0 Å². The fourth-order valence-electron chi connectivity index (χ4n) is 5.19. The Labute approximate surface area is 341 Å². The van der Waals surface area contributed by atoms with Crippen molar-refractivity contribution < 1.29 is 103 Å². The molecule has 0 aliphatic carbocycles. The highest BCUT2D eigenvalue weighted by atomic mass is 19.4. The average molecular weight is 923 g/mol. The summed E-state index contributed by atoms with van der Waals surface area (Å²) in [6, 6.07) is 18.1. The van der Waals surface area contributed by atoms with Gasteiger partial charge in [0.1, 0.15) is 17.2 Å². The van der Waals surface area contributed by atoms with Crippen molar-refractivity contribution in [2.45, 2.75) is 106 Å². The summed E-state index contributed by atoms with van der Waals surface area (Å²) in [5.41, 5.74) is 1.75. The third-order valence-electron chi connectivity index (χ3n) is 8.95. The second kappa shape index (κ2) is 19.2. The molecule has 0 bridgehead atoms. The molecule has 0 spiro atoms. The summed E-state index contributed by atoms with van der Waals surface area (Å²) in [6.45, 7) is 1.45. The van der Waals surface area contributed by atoms with Gasteiger partial charge >= 0.3 is 59.6 Å². The normalized spacial score (nSPS) is 14.0. The molecular weight excluding hydrogens is 887 g/mol. The van der Waals surface area contributed by atoms with Crippen LogP contribution >= 0.6 is 0 Å². The quantitative estimate of drug-likeness (QED) is 0.0433. The minimum Gasteiger partial charge on any atom is -0.494 e. The van der Waals surface area contributed by atoms with E-state index in [-0.39, 0.29) is 17.1 Å². The molecular formula is C39H35F17O6. The Morgan fingerprint density at radius 2 is 0.952 bits per heavy atom. The number of carbonyl (C=O) groups is 2. The largest absolute Gasteiger partial charge is 0.494 e. The van der Waals surface area contributed by atoms with Gasteiger partial charge in [0.15, 0.2) is 6.10 Å². The predicted molar refractivity (Wildman–Crippen MR) is 184 cm³/mol. The summed E-state index contributed by atoms with van der Waals surface area (Å²) < 4.78 is 249. The third-order valence-corrected chi connectivity index (χ3v) is 8.95. The summed E-state index contributed by atoms with van der Waals surface area (Å²) in [5.74, 6) is -59.5. The maximum absolute atomic E-state index is 14.1. The van der Waals surface area contributed by atoms with E-state index in [9.17, 15) is 84.2 Å². The lowest BCUT2D eigenvalue weighted by Crippen LogP contribution is -2.74. The Hall–Kier alpha value is -4.99. The van der Waals surface area contributed by atoms with Gasteiger partial charge < -0.3 is 18.9 Å². The molecule has 0 unspecified atom stereocenters. The number of rotatable bonds is 22. The monoisotopic (exact) mass is 922 g/mol. The smallest absolute Gasteiger partial charge is 0.460 e. The van der Waals surface area contributed by atoms with Crippen LogP contribution in [0.25, 0.3) is 11.1 Å². The molecule has 0 aliphatic heterocycles. The van der Waals surface area contributed by atoms with Crippen molar-refractivity contribution in [2.24, 2.45) is 0 Å². The number of unbranched alkanes of at least 4 members (excludes halogenated alkanes) is 4. The summed E-state index contributed by atoms with van der Waals surface area (Å²) >= 11 is 0. The minimum atomic E-state index is -8.75. The van der Waals surface area contributed by atoms with Crippen LogP contribution in [0.4, 0.5) is 74.6 Å². The van der Waals surface area contributed by atoms with Crippen molar-refractivity contribution in [3.8, 4) is 28.4 Å². The highest BCUT2D eigenvalue weighted by molar-refractivity contribution is 5.91. The van der Waals surface area contributed by atoms with Crippen molar-refractivity contribution in [1.82, 2.24) is 0 Å². The standard InChI is InChI=1S/C39H35F17O6/c1-3-4-5-6-7-21-59-27-14-12-25(13-15-27)24-8-10-26(11-9-24)31(58)62-29-18-16-28(17-19-29)61-23(2)30(57)60-22-20-32(40,41)33(42,43)34(44,45)35(46,47)36(48,49)37(50,51)38(52,53)39(54,55)56/h8-19,23H,3-7,20-22H2,1-2H3/t23-/m0/s1. The molecule has 1 atom stereocenters. The Bertz CT molecular complexity index is 1930. The van der Waals surface area contributed by atoms with E-state index in [0.29, 0.717) is 12.4 Å². The molecule has 0 amide bonds. The first-order valence-electron chi connectivity index (χ1n) is 18.1. The highest BCUT2D eigenvalue weighted by Crippen LogP contribution is 2.64. The van der Waals surface area contributed by atoms with Crippen LogP contribution in [0.1, 0.15) is 62.7 Å². The van der Waals surface area contributed by atoms with Crippen LogP contribution in [-0.4, -0.2) is 78.9 Å². The van der Waals surface area contributed by atoms with Gasteiger partial charge in [-0.15, -0.1) is 0 Å². The molecule has 0 saturated heterocycles. The summed E-state index contributed by atoms with van der Waals surface area (Å²) in [4.78, 5) is 24.9. The highest BCUT2D eigenvalue weighted by Gasteiger charge is 2.95. The maximum Gasteiger partial charge on any atom is 0.460 e. The molecule has 0 aromatic heterocycles. The molecule has 23 heteroatoms. The van der Waals surface area contributed by atoms with Crippen LogP contribution in [0.3, 0.4) is 0 Å². The van der Waals surface area contributed by atoms with Crippen molar-refractivity contribution in [2.75, 3.05) is 13.2 Å². The number of esters is 2. The van der Waals surface area contributed by atoms with Crippen LogP contribution in [0.2, 0.25) is 0 Å². The van der Waals surface area contributed by atoms with Crippen LogP contribution in [0.15, 0.2) is 72.8 Å². The number of hydrogen-bond acceptors (Lipinski definition) is 6. The predicted octanol–water partition coefficient (Wildman–Crippen LogP) is 12.6. The van der Waals surface area contributed by atoms with Crippen LogP contribution in [0.5, 0.6) is 17.2 Å². The van der Waals surface area contributed by atoms with Crippen molar-refractivity contribution in [3.05, 3.63) is 78.4 Å². The van der Waals surface area contributed by atoms with E-state index in [0.717, 1.165) is 68.0 Å². The minimum absolute atomic E-state index is 0.0660. The van der Waals surface area contributed by atoms with E-state index in [1.165, 1.54) is 18.6 Å². The second-order valence-electron chi connectivity index (χ2n) is 13.6. The molecule has 0 heterocycles. The average Bonchev–Trinajstić information content (AvgIpc) is 3.19. The molecule has 3 rings (SSSR count). The Morgan fingerprint density at radius 3 is 1.45 bits per heavy atom. The van der Waals surface area contributed by atoms with Gasteiger partial charge in [-0.05, 0) is 73.0 Å². The van der Waals surface area contributed by atoms with Crippen molar-refractivity contribution in [1.29, 1.82) is 0 Å². The van der Waals surface area contributed by atoms with Gasteiger partial charge in [-0.25, -0.2) is 9.59 Å². The molecule has 3 aromatic rings. The maximum atomic E-state index is 14.1. The Morgan fingerprint density at radius 1 is 0.516 bits per heavy atom. The zero-order valence-electron chi connectivity index (χ0n) is 32.0. The fourth-order valence-corrected chi connectivity index (χ4v) is 5.19. The molecule has 62 heavy (non-hydrogen) atoms. The number of alkyl halides is 17. The zero-order chi connectivity index (χ0) is 47.2. The lowest BCUT2D eigenvalue weighted by molar-refractivity contribution is -0.461. The molecule has 0 fully saturated rings. The van der Waals surface area contributed by atoms with E-state index in [1.807, 2.05) is 24.3 Å². The van der Waals surface area contributed by atoms with Gasteiger partial charge in [0.05, 0.1) is 25.2 Å². The molecule has 6 nitrogen and oxygen atoms in total. The molecule has 0 aliphatic rings. The summed E-state index contributed by atoms with van der Waals surface area (Å²) in [5, 5.41) is 0. The summed E-state index contributed by atoms with van der Waals surface area (Å²) in [7, 11) is 0. The van der Waals surface area contributed by atoms with Crippen molar-refractivity contribution >= 4 is 11.9 Å². The lowest BCUT2D eigenvalue weighted by atomic mass is 9.88. The van der Waals surface area contributed by atoms with Crippen LogP contribution in [0, 0.1) is 0 Å². The number of ether oxygens (including phenoxy) is 4. The Balaban J connectivity index is 1.55. The van der Waals surface area contributed by atoms with E-state index in [4.69, 9.17) is 14.2 Å². The SMILES string of the molecule is CCCCCCCOc1ccc(-c2ccc(C(=O)Oc3ccc(O[C@@H](C)C(=O)OCCC(F)(F)C(F)(F)C(F)(F)C(F)(F)C(F)(F)C(F)(F)C(F)(F)C(F)(F)F)cc3)cc2)cc1. The molecule has 346 valence electrons. The first-order valence-corrected chi connectivity index (χ1v) is 18.1. The van der Waals surface area contributed by atoms with Gasteiger partial charge in [0.25, 0.3) is 0 Å². The van der Waals surface area contributed by atoms with E-state index < -0.39 is 78.7 Å². The van der Waals surface area contributed by atoms with Gasteiger partial charge in [0.2, 0.25) is 0 Å². The second-order valence-corrected chi connectivity index (χ2v) is 13.6. The van der Waals surface area contributed by atoms with E-state index in [1.54, 1.807) is 12.1 Å². The van der Waals surface area contributed by atoms with Gasteiger partial charge in [-0.2, -0.15) is 74.6 Å². The Kier molecular flexibility index (Phi) is 15.9. The number of benzene rings is 3. The topological polar surface area (TPSA) is 71.1 Å². The molecule has 3 aromatic carbocycles. The van der Waals surface area contributed by atoms with Crippen LogP contribution < -0.4 is 14.2 Å².